The lowest BCUT2D eigenvalue weighted by Crippen LogP contribution is -2.29. The van der Waals surface area contributed by atoms with Crippen molar-refractivity contribution in [2.24, 2.45) is 0 Å². The first-order valence-electron chi connectivity index (χ1n) is 11.9. The standard InChI is InChI=1S/C29H26ClN3O3/c30-22-13-15-23(16-14-22)36-20-29(34)31-19-28-32-25-10-3-4-11-26(25)33(28)17-6-18-35-27-12-5-8-21-7-1-2-9-24(21)27/h1-5,7-16H,6,17-20H2,(H,31,34). The van der Waals surface area contributed by atoms with E-state index >= 15 is 0 Å². The molecule has 182 valence electrons. The molecule has 1 aromatic heterocycles. The molecule has 0 aliphatic rings. The molecule has 7 heteroatoms. The van der Waals surface area contributed by atoms with Crippen LogP contribution in [0.2, 0.25) is 5.02 Å². The van der Waals surface area contributed by atoms with Crippen molar-refractivity contribution in [2.45, 2.75) is 19.5 Å². The molecule has 0 radical (unpaired) electrons. The molecule has 5 rings (SSSR count). The molecular formula is C29H26ClN3O3. The van der Waals surface area contributed by atoms with E-state index in [2.05, 4.69) is 28.1 Å². The van der Waals surface area contributed by atoms with Crippen LogP contribution >= 0.6 is 11.6 Å². The summed E-state index contributed by atoms with van der Waals surface area (Å²) in [6.45, 7) is 1.52. The maximum absolute atomic E-state index is 12.4. The van der Waals surface area contributed by atoms with Crippen LogP contribution in [-0.2, 0) is 17.9 Å². The number of rotatable bonds is 10. The highest BCUT2D eigenvalue weighted by molar-refractivity contribution is 6.30. The molecule has 36 heavy (non-hydrogen) atoms. The average molecular weight is 500 g/mol. The summed E-state index contributed by atoms with van der Waals surface area (Å²) in [5.41, 5.74) is 1.93. The molecular weight excluding hydrogens is 474 g/mol. The van der Waals surface area contributed by atoms with E-state index in [1.165, 1.54) is 0 Å². The van der Waals surface area contributed by atoms with Crippen molar-refractivity contribution < 1.29 is 14.3 Å². The summed E-state index contributed by atoms with van der Waals surface area (Å²) in [5, 5.41) is 5.80. The Bertz CT molecular complexity index is 1480. The third-order valence-corrected chi connectivity index (χ3v) is 6.15. The van der Waals surface area contributed by atoms with Gasteiger partial charge in [0.05, 0.1) is 24.2 Å². The molecule has 4 aromatic carbocycles. The van der Waals surface area contributed by atoms with E-state index in [0.717, 1.165) is 46.3 Å². The zero-order valence-electron chi connectivity index (χ0n) is 19.7. The minimum absolute atomic E-state index is 0.0826. The van der Waals surface area contributed by atoms with E-state index in [1.807, 2.05) is 48.5 Å². The molecule has 0 unspecified atom stereocenters. The molecule has 0 saturated carbocycles. The lowest BCUT2D eigenvalue weighted by Gasteiger charge is -2.12. The molecule has 0 aliphatic carbocycles. The highest BCUT2D eigenvalue weighted by Crippen LogP contribution is 2.25. The van der Waals surface area contributed by atoms with E-state index in [0.29, 0.717) is 23.9 Å². The SMILES string of the molecule is O=C(COc1ccc(Cl)cc1)NCc1nc2ccccc2n1CCCOc1cccc2ccccc12. The van der Waals surface area contributed by atoms with Crippen molar-refractivity contribution in [1.82, 2.24) is 14.9 Å². The van der Waals surface area contributed by atoms with Crippen molar-refractivity contribution in [1.29, 1.82) is 0 Å². The number of halogens is 1. The Balaban J connectivity index is 1.20. The second kappa shape index (κ2) is 11.1. The van der Waals surface area contributed by atoms with Gasteiger partial charge in [-0.25, -0.2) is 4.98 Å². The van der Waals surface area contributed by atoms with Crippen LogP contribution in [-0.4, -0.2) is 28.7 Å². The van der Waals surface area contributed by atoms with Gasteiger partial charge in [0.2, 0.25) is 0 Å². The van der Waals surface area contributed by atoms with Crippen LogP contribution in [0.25, 0.3) is 21.8 Å². The average Bonchev–Trinajstić information content (AvgIpc) is 3.27. The number of benzene rings is 4. The number of imidazole rings is 1. The van der Waals surface area contributed by atoms with E-state index in [-0.39, 0.29) is 12.5 Å². The monoisotopic (exact) mass is 499 g/mol. The van der Waals surface area contributed by atoms with Gasteiger partial charge in [0.1, 0.15) is 17.3 Å². The lowest BCUT2D eigenvalue weighted by molar-refractivity contribution is -0.123. The smallest absolute Gasteiger partial charge is 0.258 e. The maximum Gasteiger partial charge on any atom is 0.258 e. The summed E-state index contributed by atoms with van der Waals surface area (Å²) in [6, 6.07) is 29.2. The molecule has 1 N–H and O–H groups in total. The van der Waals surface area contributed by atoms with Gasteiger partial charge in [-0.2, -0.15) is 0 Å². The molecule has 0 aliphatic heterocycles. The normalized spacial score (nSPS) is 11.0. The zero-order valence-corrected chi connectivity index (χ0v) is 20.4. The number of para-hydroxylation sites is 2. The number of nitrogens with one attached hydrogen (secondary N) is 1. The predicted molar refractivity (Wildman–Crippen MR) is 143 cm³/mol. The number of aryl methyl sites for hydroxylation is 1. The third-order valence-electron chi connectivity index (χ3n) is 5.89. The Labute approximate surface area is 214 Å². The van der Waals surface area contributed by atoms with Gasteiger partial charge in [0.25, 0.3) is 5.91 Å². The Hall–Kier alpha value is -4.03. The number of nitrogens with zero attached hydrogens (tertiary/aromatic N) is 2. The number of hydrogen-bond donors (Lipinski definition) is 1. The third kappa shape index (κ3) is 5.61. The number of carbonyl (C=O) groups excluding carboxylic acids is 1. The van der Waals surface area contributed by atoms with Crippen LogP contribution in [0.3, 0.4) is 0 Å². The molecule has 0 atom stereocenters. The molecule has 1 heterocycles. The summed E-state index contributed by atoms with van der Waals surface area (Å²) >= 11 is 5.89. The molecule has 1 amide bonds. The number of carbonyl (C=O) groups is 1. The van der Waals surface area contributed by atoms with Gasteiger partial charge in [-0.3, -0.25) is 4.79 Å². The Morgan fingerprint density at radius 2 is 1.67 bits per heavy atom. The second-order valence-electron chi connectivity index (χ2n) is 8.37. The minimum atomic E-state index is -0.220. The molecule has 0 bridgehead atoms. The van der Waals surface area contributed by atoms with E-state index in [9.17, 15) is 4.79 Å². The molecule has 6 nitrogen and oxygen atoms in total. The lowest BCUT2D eigenvalue weighted by atomic mass is 10.1. The van der Waals surface area contributed by atoms with Gasteiger partial charge >= 0.3 is 0 Å². The van der Waals surface area contributed by atoms with Crippen molar-refractivity contribution in [3.05, 3.63) is 102 Å². The van der Waals surface area contributed by atoms with Crippen LogP contribution in [0.1, 0.15) is 12.2 Å². The Morgan fingerprint density at radius 3 is 2.56 bits per heavy atom. The fraction of sp³-hybridized carbons (Fsp3) is 0.172. The predicted octanol–water partition coefficient (Wildman–Crippen LogP) is 6.01. The molecule has 0 saturated heterocycles. The van der Waals surface area contributed by atoms with Gasteiger partial charge in [-0.05, 0) is 54.3 Å². The first-order chi connectivity index (χ1) is 17.7. The summed E-state index contributed by atoms with van der Waals surface area (Å²) in [5.74, 6) is 2.05. The number of ether oxygens (including phenoxy) is 2. The summed E-state index contributed by atoms with van der Waals surface area (Å²) < 4.78 is 13.8. The first kappa shape index (κ1) is 23.7. The second-order valence-corrected chi connectivity index (χ2v) is 8.80. The van der Waals surface area contributed by atoms with Crippen molar-refractivity contribution in [2.75, 3.05) is 13.2 Å². The van der Waals surface area contributed by atoms with E-state index in [4.69, 9.17) is 26.1 Å². The largest absolute Gasteiger partial charge is 0.493 e. The highest BCUT2D eigenvalue weighted by Gasteiger charge is 2.12. The Morgan fingerprint density at radius 1 is 0.889 bits per heavy atom. The number of hydrogen-bond acceptors (Lipinski definition) is 4. The first-order valence-corrected chi connectivity index (χ1v) is 12.2. The fourth-order valence-electron chi connectivity index (χ4n) is 4.14. The molecule has 0 spiro atoms. The van der Waals surface area contributed by atoms with Gasteiger partial charge in [-0.15, -0.1) is 0 Å². The van der Waals surface area contributed by atoms with Crippen LogP contribution in [0.4, 0.5) is 0 Å². The number of aromatic nitrogens is 2. The van der Waals surface area contributed by atoms with Crippen LogP contribution < -0.4 is 14.8 Å². The van der Waals surface area contributed by atoms with Crippen molar-refractivity contribution >= 4 is 39.3 Å². The van der Waals surface area contributed by atoms with Gasteiger partial charge in [-0.1, -0.05) is 60.1 Å². The summed E-state index contributed by atoms with van der Waals surface area (Å²) in [6.07, 6.45) is 0.796. The zero-order chi connectivity index (χ0) is 24.7. The Kier molecular flexibility index (Phi) is 7.33. The van der Waals surface area contributed by atoms with Crippen LogP contribution in [0, 0.1) is 0 Å². The number of amides is 1. The van der Waals surface area contributed by atoms with E-state index < -0.39 is 0 Å². The molecule has 5 aromatic rings. The topological polar surface area (TPSA) is 65.4 Å². The quantitative estimate of drug-likeness (QED) is 0.239. The van der Waals surface area contributed by atoms with Crippen molar-refractivity contribution in [3.8, 4) is 11.5 Å². The van der Waals surface area contributed by atoms with E-state index in [1.54, 1.807) is 24.3 Å². The van der Waals surface area contributed by atoms with Gasteiger partial charge in [0.15, 0.2) is 6.61 Å². The van der Waals surface area contributed by atoms with Gasteiger partial charge < -0.3 is 19.4 Å². The van der Waals surface area contributed by atoms with Crippen LogP contribution in [0.15, 0.2) is 91.0 Å². The summed E-state index contributed by atoms with van der Waals surface area (Å²) in [4.78, 5) is 17.1. The van der Waals surface area contributed by atoms with Crippen molar-refractivity contribution in [3.63, 3.8) is 0 Å². The highest BCUT2D eigenvalue weighted by atomic mass is 35.5. The molecule has 0 fully saturated rings. The minimum Gasteiger partial charge on any atom is -0.493 e. The number of fused-ring (bicyclic) bond motifs is 2. The summed E-state index contributed by atoms with van der Waals surface area (Å²) in [7, 11) is 0. The fourth-order valence-corrected chi connectivity index (χ4v) is 4.27. The van der Waals surface area contributed by atoms with Crippen LogP contribution in [0.5, 0.6) is 11.5 Å². The maximum atomic E-state index is 12.4. The van der Waals surface area contributed by atoms with Gasteiger partial charge in [0, 0.05) is 17.0 Å².